The van der Waals surface area contributed by atoms with Gasteiger partial charge in [0.15, 0.2) is 0 Å². The summed E-state index contributed by atoms with van der Waals surface area (Å²) in [6.45, 7) is 0. The topological polar surface area (TPSA) is 37.3 Å². The van der Waals surface area contributed by atoms with Crippen molar-refractivity contribution in [3.8, 4) is 0 Å². The van der Waals surface area contributed by atoms with Crippen molar-refractivity contribution in [3.05, 3.63) is 69.2 Å². The van der Waals surface area contributed by atoms with E-state index in [1.807, 2.05) is 30.3 Å². The van der Waals surface area contributed by atoms with E-state index in [4.69, 9.17) is 28.3 Å². The summed E-state index contributed by atoms with van der Waals surface area (Å²) >= 11 is 12.6. The standard InChI is InChI=1S/C17H16Cl2O2/c18-15-10-13(9-12-5-2-1-3-6-12)11-16(19)14(15)7-4-8-17(20)21/h1-3,5-6,10-11H,4,7-9H2,(H,20,21). The van der Waals surface area contributed by atoms with Crippen LogP contribution in [0.4, 0.5) is 0 Å². The van der Waals surface area contributed by atoms with E-state index in [0.29, 0.717) is 22.9 Å². The first-order valence-electron chi connectivity index (χ1n) is 6.79. The maximum atomic E-state index is 10.6. The van der Waals surface area contributed by atoms with Crippen molar-refractivity contribution in [2.75, 3.05) is 0 Å². The smallest absolute Gasteiger partial charge is 0.303 e. The van der Waals surface area contributed by atoms with Crippen LogP contribution < -0.4 is 0 Å². The molecule has 2 rings (SSSR count). The molecule has 0 amide bonds. The SMILES string of the molecule is O=C(O)CCCc1c(Cl)cc(Cc2ccccc2)cc1Cl. The highest BCUT2D eigenvalue weighted by Crippen LogP contribution is 2.29. The Kier molecular flexibility index (Phi) is 5.66. The van der Waals surface area contributed by atoms with Crippen molar-refractivity contribution >= 4 is 29.2 Å². The molecule has 1 N–H and O–H groups in total. The Balaban J connectivity index is 2.11. The largest absolute Gasteiger partial charge is 0.481 e. The van der Waals surface area contributed by atoms with Crippen LogP contribution >= 0.6 is 23.2 Å². The van der Waals surface area contributed by atoms with Gasteiger partial charge in [0.25, 0.3) is 0 Å². The van der Waals surface area contributed by atoms with E-state index >= 15 is 0 Å². The van der Waals surface area contributed by atoms with Crippen molar-refractivity contribution in [1.29, 1.82) is 0 Å². The highest BCUT2D eigenvalue weighted by molar-refractivity contribution is 6.36. The molecule has 0 saturated carbocycles. The first-order valence-corrected chi connectivity index (χ1v) is 7.54. The monoisotopic (exact) mass is 322 g/mol. The second kappa shape index (κ2) is 7.48. The number of halogens is 2. The predicted molar refractivity (Wildman–Crippen MR) is 86.3 cm³/mol. The lowest BCUT2D eigenvalue weighted by Crippen LogP contribution is -1.98. The van der Waals surface area contributed by atoms with Crippen LogP contribution in [0.25, 0.3) is 0 Å². The van der Waals surface area contributed by atoms with Gasteiger partial charge in [0.05, 0.1) is 0 Å². The molecule has 110 valence electrons. The number of hydrogen-bond acceptors (Lipinski definition) is 1. The van der Waals surface area contributed by atoms with Gasteiger partial charge in [-0.1, -0.05) is 53.5 Å². The van der Waals surface area contributed by atoms with E-state index in [2.05, 4.69) is 12.1 Å². The van der Waals surface area contributed by atoms with E-state index in [9.17, 15) is 4.79 Å². The quantitative estimate of drug-likeness (QED) is 0.813. The summed E-state index contributed by atoms with van der Waals surface area (Å²) in [7, 11) is 0. The lowest BCUT2D eigenvalue weighted by atomic mass is 10.0. The maximum Gasteiger partial charge on any atom is 0.303 e. The molecule has 0 heterocycles. The lowest BCUT2D eigenvalue weighted by molar-refractivity contribution is -0.137. The molecule has 2 nitrogen and oxygen atoms in total. The summed E-state index contributed by atoms with van der Waals surface area (Å²) in [5, 5.41) is 9.89. The number of aliphatic carboxylic acids is 1. The van der Waals surface area contributed by atoms with Gasteiger partial charge in [-0.15, -0.1) is 0 Å². The number of rotatable bonds is 6. The van der Waals surface area contributed by atoms with Gasteiger partial charge < -0.3 is 5.11 Å². The van der Waals surface area contributed by atoms with Crippen molar-refractivity contribution in [1.82, 2.24) is 0 Å². The van der Waals surface area contributed by atoms with Gasteiger partial charge in [0.2, 0.25) is 0 Å². The van der Waals surface area contributed by atoms with E-state index in [0.717, 1.165) is 17.5 Å². The normalized spacial score (nSPS) is 10.6. The van der Waals surface area contributed by atoms with Gasteiger partial charge in [-0.05, 0) is 48.1 Å². The Labute approximate surface area is 134 Å². The van der Waals surface area contributed by atoms with Gasteiger partial charge in [-0.25, -0.2) is 0 Å². The van der Waals surface area contributed by atoms with E-state index < -0.39 is 5.97 Å². The number of hydrogen-bond donors (Lipinski definition) is 1. The third-order valence-electron chi connectivity index (χ3n) is 3.27. The Hall–Kier alpha value is -1.51. The summed E-state index contributed by atoms with van der Waals surface area (Å²) in [4.78, 5) is 10.6. The number of carboxylic acids is 1. The summed E-state index contributed by atoms with van der Waals surface area (Å²) in [6, 6.07) is 13.9. The Bertz CT molecular complexity index is 601. The molecule has 0 atom stereocenters. The lowest BCUT2D eigenvalue weighted by Gasteiger charge is -2.10. The van der Waals surface area contributed by atoms with Crippen molar-refractivity contribution in [2.45, 2.75) is 25.7 Å². The van der Waals surface area contributed by atoms with Crippen LogP contribution in [-0.4, -0.2) is 11.1 Å². The molecule has 0 fully saturated rings. The Morgan fingerprint density at radius 2 is 1.62 bits per heavy atom. The van der Waals surface area contributed by atoms with Gasteiger partial charge in [0, 0.05) is 16.5 Å². The van der Waals surface area contributed by atoms with Crippen LogP contribution in [0.15, 0.2) is 42.5 Å². The van der Waals surface area contributed by atoms with Gasteiger partial charge in [-0.3, -0.25) is 4.79 Å². The molecule has 4 heteroatoms. The zero-order valence-electron chi connectivity index (χ0n) is 11.5. The van der Waals surface area contributed by atoms with Gasteiger partial charge in [-0.2, -0.15) is 0 Å². The Morgan fingerprint density at radius 1 is 1.00 bits per heavy atom. The molecule has 0 saturated heterocycles. The average Bonchev–Trinajstić information content (AvgIpc) is 2.42. The average molecular weight is 323 g/mol. The fourth-order valence-corrected chi connectivity index (χ4v) is 2.97. The van der Waals surface area contributed by atoms with Crippen LogP contribution in [0, 0.1) is 0 Å². The second-order valence-electron chi connectivity index (χ2n) is 4.95. The predicted octanol–water partition coefficient (Wildman–Crippen LogP) is 4.99. The Morgan fingerprint density at radius 3 is 2.19 bits per heavy atom. The third-order valence-corrected chi connectivity index (χ3v) is 3.94. The first kappa shape index (κ1) is 15.9. The van der Waals surface area contributed by atoms with Crippen LogP contribution in [0.2, 0.25) is 10.0 Å². The van der Waals surface area contributed by atoms with Crippen molar-refractivity contribution in [2.24, 2.45) is 0 Å². The van der Waals surface area contributed by atoms with Crippen molar-refractivity contribution < 1.29 is 9.90 Å². The molecule has 0 aliphatic rings. The molecular formula is C17H16Cl2O2. The molecule has 0 unspecified atom stereocenters. The molecule has 2 aromatic carbocycles. The van der Waals surface area contributed by atoms with Crippen LogP contribution in [-0.2, 0) is 17.6 Å². The van der Waals surface area contributed by atoms with Crippen LogP contribution in [0.5, 0.6) is 0 Å². The summed E-state index contributed by atoms with van der Waals surface area (Å²) in [5.74, 6) is -0.803. The minimum atomic E-state index is -0.803. The summed E-state index contributed by atoms with van der Waals surface area (Å²) in [5.41, 5.74) is 3.08. The highest BCUT2D eigenvalue weighted by atomic mass is 35.5. The van der Waals surface area contributed by atoms with E-state index in [-0.39, 0.29) is 6.42 Å². The molecule has 21 heavy (non-hydrogen) atoms. The summed E-state index contributed by atoms with van der Waals surface area (Å²) in [6.07, 6.45) is 2.01. The molecule has 2 aromatic rings. The number of carbonyl (C=O) groups is 1. The highest BCUT2D eigenvalue weighted by Gasteiger charge is 2.09. The molecule has 0 aromatic heterocycles. The van der Waals surface area contributed by atoms with Gasteiger partial charge >= 0.3 is 5.97 Å². The number of carboxylic acid groups (broad SMARTS) is 1. The maximum absolute atomic E-state index is 10.6. The zero-order chi connectivity index (χ0) is 15.2. The number of benzene rings is 2. The minimum absolute atomic E-state index is 0.123. The molecule has 0 spiro atoms. The van der Waals surface area contributed by atoms with E-state index in [1.165, 1.54) is 5.56 Å². The second-order valence-corrected chi connectivity index (χ2v) is 5.76. The molecule has 0 aliphatic heterocycles. The third kappa shape index (κ3) is 4.76. The zero-order valence-corrected chi connectivity index (χ0v) is 13.0. The minimum Gasteiger partial charge on any atom is -0.481 e. The molecule has 0 radical (unpaired) electrons. The van der Waals surface area contributed by atoms with Crippen molar-refractivity contribution in [3.63, 3.8) is 0 Å². The first-order chi connectivity index (χ1) is 10.1. The molecule has 0 bridgehead atoms. The van der Waals surface area contributed by atoms with Crippen LogP contribution in [0.3, 0.4) is 0 Å². The fourth-order valence-electron chi connectivity index (χ4n) is 2.24. The summed E-state index contributed by atoms with van der Waals surface area (Å²) < 4.78 is 0. The molecule has 0 aliphatic carbocycles. The van der Waals surface area contributed by atoms with Gasteiger partial charge in [0.1, 0.15) is 0 Å². The fraction of sp³-hybridized carbons (Fsp3) is 0.235. The van der Waals surface area contributed by atoms with Crippen LogP contribution in [0.1, 0.15) is 29.5 Å². The molecular weight excluding hydrogens is 307 g/mol. The van der Waals surface area contributed by atoms with E-state index in [1.54, 1.807) is 0 Å².